The van der Waals surface area contributed by atoms with Crippen LogP contribution in [0.5, 0.6) is 0 Å². The van der Waals surface area contributed by atoms with Crippen molar-refractivity contribution >= 4 is 23.9 Å². The molecule has 0 bridgehead atoms. The van der Waals surface area contributed by atoms with Gasteiger partial charge in [-0.1, -0.05) is 0 Å². The van der Waals surface area contributed by atoms with Crippen LogP contribution in [-0.4, -0.2) is 91.2 Å². The summed E-state index contributed by atoms with van der Waals surface area (Å²) in [5.74, 6) is -3.33. The summed E-state index contributed by atoms with van der Waals surface area (Å²) >= 11 is 0. The van der Waals surface area contributed by atoms with Gasteiger partial charge in [-0.3, -0.25) is 19.2 Å². The number of aliphatic carboxylic acids is 4. The minimum atomic E-state index is -0.833. The summed E-state index contributed by atoms with van der Waals surface area (Å²) in [7, 11) is 0. The molecule has 2 aliphatic carbocycles. The zero-order valence-corrected chi connectivity index (χ0v) is 18.4. The second kappa shape index (κ2) is 15.5. The summed E-state index contributed by atoms with van der Waals surface area (Å²) in [5.41, 5.74) is -0.412. The molecule has 0 aliphatic heterocycles. The molecule has 2 rings (SSSR count). The maximum absolute atomic E-state index is 9.17. The van der Waals surface area contributed by atoms with Crippen molar-refractivity contribution < 1.29 is 60.0 Å². The van der Waals surface area contributed by atoms with E-state index in [-0.39, 0.29) is 42.7 Å². The largest absolute Gasteiger partial charge is 0.481 e. The first-order valence-corrected chi connectivity index (χ1v) is 9.22. The first-order chi connectivity index (χ1) is 14.0. The van der Waals surface area contributed by atoms with E-state index in [4.69, 9.17) is 39.6 Å². The Hall–Kier alpha value is -2.28. The molecule has 2 aliphatic rings. The number of hydrogen-bond donors (Lipinski definition) is 8. The predicted molar refractivity (Wildman–Crippen MR) is 107 cm³/mol. The van der Waals surface area contributed by atoms with E-state index in [1.165, 1.54) is 0 Å². The fourth-order valence-electron chi connectivity index (χ4n) is 3.88. The molecule has 0 unspecified atom stereocenters. The smallest absolute Gasteiger partial charge is 0.300 e. The molecule has 1 spiro atoms. The molecular weight excluding hydrogens is 420 g/mol. The lowest BCUT2D eigenvalue weighted by atomic mass is 9.39. The SMILES string of the molecule is CC(=O)O.CC(=O)O.CC(=O)O.CC(=O)O.OCC1(CO)CC2(C1)CC(CO)(CO)C2. The molecule has 0 aromatic heterocycles. The molecule has 31 heavy (non-hydrogen) atoms. The highest BCUT2D eigenvalue weighted by molar-refractivity contribution is 5.63. The van der Waals surface area contributed by atoms with Crippen molar-refractivity contribution in [3.8, 4) is 0 Å². The minimum absolute atomic E-state index is 0.0382. The van der Waals surface area contributed by atoms with Gasteiger partial charge in [0.05, 0.1) is 26.4 Å². The topological polar surface area (TPSA) is 230 Å². The van der Waals surface area contributed by atoms with Crippen LogP contribution in [0.1, 0.15) is 53.4 Å². The van der Waals surface area contributed by atoms with E-state index in [9.17, 15) is 20.4 Å². The molecule has 0 amide bonds. The molecule has 0 aromatic carbocycles. The molecule has 2 fully saturated rings. The Morgan fingerprint density at radius 1 is 0.516 bits per heavy atom. The van der Waals surface area contributed by atoms with Gasteiger partial charge in [0.1, 0.15) is 0 Å². The lowest BCUT2D eigenvalue weighted by molar-refractivity contribution is -0.215. The number of aliphatic hydroxyl groups excluding tert-OH is 4. The van der Waals surface area contributed by atoms with Gasteiger partial charge < -0.3 is 40.9 Å². The third-order valence-corrected chi connectivity index (χ3v) is 4.34. The molecule has 0 atom stereocenters. The van der Waals surface area contributed by atoms with Crippen LogP contribution < -0.4 is 0 Å². The highest BCUT2D eigenvalue weighted by atomic mass is 16.4. The molecule has 0 saturated heterocycles. The van der Waals surface area contributed by atoms with E-state index in [0.717, 1.165) is 53.4 Å². The molecule has 12 heteroatoms. The Kier molecular flexibility index (Phi) is 16.7. The minimum Gasteiger partial charge on any atom is -0.481 e. The second-order valence-corrected chi connectivity index (χ2v) is 7.92. The number of hydrogen-bond acceptors (Lipinski definition) is 8. The van der Waals surface area contributed by atoms with Crippen molar-refractivity contribution in [3.05, 3.63) is 0 Å². The molecule has 12 nitrogen and oxygen atoms in total. The summed E-state index contributed by atoms with van der Waals surface area (Å²) in [5, 5.41) is 66.4. The number of carboxylic acid groups (broad SMARTS) is 4. The fraction of sp³-hybridized carbons (Fsp3) is 0.789. The van der Waals surface area contributed by atoms with Gasteiger partial charge in [0.15, 0.2) is 0 Å². The van der Waals surface area contributed by atoms with Gasteiger partial charge in [-0.15, -0.1) is 0 Å². The Morgan fingerprint density at radius 2 is 0.645 bits per heavy atom. The van der Waals surface area contributed by atoms with Gasteiger partial charge in [0.2, 0.25) is 0 Å². The van der Waals surface area contributed by atoms with Crippen LogP contribution in [0.3, 0.4) is 0 Å². The molecule has 2 saturated carbocycles. The lowest BCUT2D eigenvalue weighted by Crippen LogP contribution is -2.62. The van der Waals surface area contributed by atoms with Crippen molar-refractivity contribution in [2.45, 2.75) is 53.4 Å². The third kappa shape index (κ3) is 16.1. The van der Waals surface area contributed by atoms with Gasteiger partial charge in [-0.2, -0.15) is 0 Å². The molecule has 0 radical (unpaired) electrons. The summed E-state index contributed by atoms with van der Waals surface area (Å²) in [6.45, 7) is 4.49. The summed E-state index contributed by atoms with van der Waals surface area (Å²) < 4.78 is 0. The Balaban J connectivity index is -0.000000404. The van der Waals surface area contributed by atoms with Gasteiger partial charge in [0, 0.05) is 38.5 Å². The van der Waals surface area contributed by atoms with Crippen LogP contribution in [0.4, 0.5) is 0 Å². The van der Waals surface area contributed by atoms with E-state index < -0.39 is 23.9 Å². The van der Waals surface area contributed by atoms with E-state index >= 15 is 0 Å². The lowest BCUT2D eigenvalue weighted by Gasteiger charge is -2.66. The Morgan fingerprint density at radius 3 is 0.742 bits per heavy atom. The Bertz CT molecular complexity index is 455. The van der Waals surface area contributed by atoms with E-state index in [1.807, 2.05) is 0 Å². The normalized spacial score (nSPS) is 17.5. The second-order valence-electron chi connectivity index (χ2n) is 7.92. The first kappa shape index (κ1) is 33.4. The Labute approximate surface area is 180 Å². The van der Waals surface area contributed by atoms with Gasteiger partial charge in [-0.25, -0.2) is 0 Å². The van der Waals surface area contributed by atoms with Crippen molar-refractivity contribution in [3.63, 3.8) is 0 Å². The van der Waals surface area contributed by atoms with E-state index in [2.05, 4.69) is 0 Å². The van der Waals surface area contributed by atoms with Crippen molar-refractivity contribution in [2.75, 3.05) is 26.4 Å². The van der Waals surface area contributed by atoms with Crippen LogP contribution in [-0.2, 0) is 19.2 Å². The molecular formula is C19H36O12. The zero-order valence-electron chi connectivity index (χ0n) is 18.4. The first-order valence-electron chi connectivity index (χ1n) is 9.22. The highest BCUT2D eigenvalue weighted by Crippen LogP contribution is 2.69. The third-order valence-electron chi connectivity index (χ3n) is 4.34. The average molecular weight is 456 g/mol. The highest BCUT2D eigenvalue weighted by Gasteiger charge is 2.64. The van der Waals surface area contributed by atoms with Gasteiger partial charge >= 0.3 is 0 Å². The van der Waals surface area contributed by atoms with Gasteiger partial charge in [-0.05, 0) is 31.1 Å². The number of aliphatic hydroxyl groups is 4. The zero-order chi connectivity index (χ0) is 25.5. The van der Waals surface area contributed by atoms with Crippen molar-refractivity contribution in [1.82, 2.24) is 0 Å². The molecule has 8 N–H and O–H groups in total. The van der Waals surface area contributed by atoms with Gasteiger partial charge in [0.25, 0.3) is 23.9 Å². The van der Waals surface area contributed by atoms with Crippen LogP contribution in [0.15, 0.2) is 0 Å². The molecule has 0 heterocycles. The summed E-state index contributed by atoms with van der Waals surface area (Å²) in [6, 6.07) is 0. The quantitative estimate of drug-likeness (QED) is 0.276. The van der Waals surface area contributed by atoms with Crippen LogP contribution >= 0.6 is 0 Å². The monoisotopic (exact) mass is 456 g/mol. The van der Waals surface area contributed by atoms with Crippen molar-refractivity contribution in [2.24, 2.45) is 16.2 Å². The van der Waals surface area contributed by atoms with Crippen molar-refractivity contribution in [1.29, 1.82) is 0 Å². The summed E-state index contributed by atoms with van der Waals surface area (Å²) in [6.07, 6.45) is 3.31. The standard InChI is InChI=1S/C11H20O4.4C2H4O2/c12-5-10(6-13)1-9(2-10)3-11(4-9,7-14)8-15;4*1-2(3)4/h12-15H,1-8H2;4*1H3,(H,3,4). The average Bonchev–Trinajstić information content (AvgIpc) is 2.52. The maximum atomic E-state index is 9.17. The predicted octanol–water partition coefficient (Wildman–Crippen LogP) is -0.134. The van der Waals surface area contributed by atoms with Crippen LogP contribution in [0.25, 0.3) is 0 Å². The number of rotatable bonds is 4. The fourth-order valence-corrected chi connectivity index (χ4v) is 3.88. The molecule has 184 valence electrons. The van der Waals surface area contributed by atoms with E-state index in [0.29, 0.717) is 0 Å². The summed E-state index contributed by atoms with van der Waals surface area (Å²) in [4.78, 5) is 36.0. The number of carbonyl (C=O) groups is 4. The van der Waals surface area contributed by atoms with Crippen LogP contribution in [0, 0.1) is 16.2 Å². The number of carboxylic acids is 4. The maximum Gasteiger partial charge on any atom is 0.300 e. The van der Waals surface area contributed by atoms with Crippen LogP contribution in [0.2, 0.25) is 0 Å². The molecule has 0 aromatic rings. The van der Waals surface area contributed by atoms with E-state index in [1.54, 1.807) is 0 Å².